The number of imidazole rings is 1. The standard InChI is InChI=1S/C22H23N7O3/c1-28-19(16(13-24-28)20(30)23-10-6-12-32-2)21(31)26-18-9-11-29-14-17(25-22(29)27-18)15-7-4-3-5-8-15/h3-5,7-9,11,13-14H,6,10,12H2,1-2H3,(H,23,30)(H,25,26,27,31). The maximum absolute atomic E-state index is 12.9. The van der Waals surface area contributed by atoms with E-state index < -0.39 is 5.91 Å². The van der Waals surface area contributed by atoms with Crippen LogP contribution in [0.25, 0.3) is 17.0 Å². The molecule has 0 spiro atoms. The smallest absolute Gasteiger partial charge is 0.275 e. The van der Waals surface area contributed by atoms with Crippen molar-refractivity contribution in [1.82, 2.24) is 29.5 Å². The zero-order valence-corrected chi connectivity index (χ0v) is 17.8. The highest BCUT2D eigenvalue weighted by Crippen LogP contribution is 2.19. The van der Waals surface area contributed by atoms with Crippen LogP contribution in [0.2, 0.25) is 0 Å². The molecule has 0 saturated carbocycles. The summed E-state index contributed by atoms with van der Waals surface area (Å²) in [6, 6.07) is 11.4. The molecule has 2 amide bonds. The van der Waals surface area contributed by atoms with Gasteiger partial charge in [-0.15, -0.1) is 0 Å². The van der Waals surface area contributed by atoms with Gasteiger partial charge in [0.05, 0.1) is 17.5 Å². The molecule has 0 aliphatic rings. The maximum Gasteiger partial charge on any atom is 0.275 e. The minimum Gasteiger partial charge on any atom is -0.385 e. The molecular weight excluding hydrogens is 410 g/mol. The van der Waals surface area contributed by atoms with Crippen LogP contribution in [-0.2, 0) is 11.8 Å². The SMILES string of the molecule is COCCCNC(=O)c1cnn(C)c1C(=O)Nc1ccn2cc(-c3ccccc3)nc2n1. The number of amides is 2. The number of ether oxygens (including phenoxy) is 1. The molecule has 4 aromatic rings. The van der Waals surface area contributed by atoms with Crippen LogP contribution in [0.3, 0.4) is 0 Å². The molecule has 0 saturated heterocycles. The first-order chi connectivity index (χ1) is 15.6. The van der Waals surface area contributed by atoms with Crippen LogP contribution in [0.5, 0.6) is 0 Å². The van der Waals surface area contributed by atoms with Gasteiger partial charge in [0.2, 0.25) is 5.78 Å². The van der Waals surface area contributed by atoms with Crippen molar-refractivity contribution < 1.29 is 14.3 Å². The Morgan fingerprint density at radius 2 is 1.91 bits per heavy atom. The summed E-state index contributed by atoms with van der Waals surface area (Å²) in [5, 5.41) is 9.57. The molecular formula is C22H23N7O3. The molecule has 10 heteroatoms. The quantitative estimate of drug-likeness (QED) is 0.412. The van der Waals surface area contributed by atoms with E-state index in [1.54, 1.807) is 30.8 Å². The lowest BCUT2D eigenvalue weighted by Gasteiger charge is -2.08. The van der Waals surface area contributed by atoms with E-state index in [1.165, 1.54) is 10.9 Å². The number of benzene rings is 1. The van der Waals surface area contributed by atoms with E-state index in [1.807, 2.05) is 36.5 Å². The molecule has 0 aliphatic carbocycles. The van der Waals surface area contributed by atoms with E-state index in [4.69, 9.17) is 4.74 Å². The van der Waals surface area contributed by atoms with Gasteiger partial charge in [-0.2, -0.15) is 10.1 Å². The number of methoxy groups -OCH3 is 1. The fraction of sp³-hybridized carbons (Fsp3) is 0.227. The van der Waals surface area contributed by atoms with Crippen molar-refractivity contribution in [2.75, 3.05) is 25.6 Å². The third kappa shape index (κ3) is 4.49. The van der Waals surface area contributed by atoms with E-state index in [-0.39, 0.29) is 17.2 Å². The van der Waals surface area contributed by atoms with Crippen LogP contribution in [-0.4, -0.2) is 56.2 Å². The van der Waals surface area contributed by atoms with E-state index in [0.717, 1.165) is 11.3 Å². The van der Waals surface area contributed by atoms with E-state index >= 15 is 0 Å². The van der Waals surface area contributed by atoms with Crippen LogP contribution >= 0.6 is 0 Å². The average Bonchev–Trinajstić information content (AvgIpc) is 3.40. The second-order valence-corrected chi connectivity index (χ2v) is 7.10. The second kappa shape index (κ2) is 9.40. The predicted molar refractivity (Wildman–Crippen MR) is 118 cm³/mol. The molecule has 1 aromatic carbocycles. The summed E-state index contributed by atoms with van der Waals surface area (Å²) >= 11 is 0. The number of rotatable bonds is 8. The summed E-state index contributed by atoms with van der Waals surface area (Å²) in [5.74, 6) is -0.0922. The number of hydrogen-bond acceptors (Lipinski definition) is 6. The molecule has 2 N–H and O–H groups in total. The Balaban J connectivity index is 1.51. The van der Waals surface area contributed by atoms with Gasteiger partial charge < -0.3 is 15.4 Å². The lowest BCUT2D eigenvalue weighted by atomic mass is 10.2. The Morgan fingerprint density at radius 3 is 2.69 bits per heavy atom. The number of hydrogen-bond donors (Lipinski definition) is 2. The van der Waals surface area contributed by atoms with Crippen molar-refractivity contribution in [2.45, 2.75) is 6.42 Å². The highest BCUT2D eigenvalue weighted by molar-refractivity contribution is 6.10. The van der Waals surface area contributed by atoms with Crippen molar-refractivity contribution in [2.24, 2.45) is 7.05 Å². The number of aromatic nitrogens is 5. The fourth-order valence-corrected chi connectivity index (χ4v) is 3.25. The van der Waals surface area contributed by atoms with Gasteiger partial charge in [-0.25, -0.2) is 4.98 Å². The molecule has 0 radical (unpaired) electrons. The number of anilines is 1. The predicted octanol–water partition coefficient (Wildman–Crippen LogP) is 2.15. The summed E-state index contributed by atoms with van der Waals surface area (Å²) in [7, 11) is 3.21. The summed E-state index contributed by atoms with van der Waals surface area (Å²) in [4.78, 5) is 34.4. The number of nitrogens with zero attached hydrogens (tertiary/aromatic N) is 5. The molecule has 0 fully saturated rings. The van der Waals surface area contributed by atoms with E-state index in [9.17, 15) is 9.59 Å². The summed E-state index contributed by atoms with van der Waals surface area (Å²) in [5.41, 5.74) is 2.08. The monoisotopic (exact) mass is 433 g/mol. The van der Waals surface area contributed by atoms with Gasteiger partial charge in [0.1, 0.15) is 11.5 Å². The summed E-state index contributed by atoms with van der Waals surface area (Å²) in [6.45, 7) is 0.971. The van der Waals surface area contributed by atoms with Gasteiger partial charge in [0, 0.05) is 45.3 Å². The molecule has 0 bridgehead atoms. The molecule has 164 valence electrons. The number of aryl methyl sites for hydroxylation is 1. The lowest BCUT2D eigenvalue weighted by Crippen LogP contribution is -2.28. The molecule has 3 aromatic heterocycles. The Labute approximate surface area is 184 Å². The van der Waals surface area contributed by atoms with Crippen molar-refractivity contribution in [3.63, 3.8) is 0 Å². The summed E-state index contributed by atoms with van der Waals surface area (Å²) in [6.07, 6.45) is 5.68. The second-order valence-electron chi connectivity index (χ2n) is 7.10. The highest BCUT2D eigenvalue weighted by Gasteiger charge is 2.22. The van der Waals surface area contributed by atoms with Crippen molar-refractivity contribution in [1.29, 1.82) is 0 Å². The van der Waals surface area contributed by atoms with E-state index in [0.29, 0.717) is 31.2 Å². The zero-order chi connectivity index (χ0) is 22.5. The maximum atomic E-state index is 12.9. The minimum absolute atomic E-state index is 0.143. The highest BCUT2D eigenvalue weighted by atomic mass is 16.5. The number of carbonyl (C=O) groups excluding carboxylic acids is 2. The first-order valence-corrected chi connectivity index (χ1v) is 10.1. The van der Waals surface area contributed by atoms with Crippen LogP contribution < -0.4 is 10.6 Å². The third-order valence-corrected chi connectivity index (χ3v) is 4.85. The number of nitrogens with one attached hydrogen (secondary N) is 2. The van der Waals surface area contributed by atoms with Crippen molar-refractivity contribution in [3.8, 4) is 11.3 Å². The zero-order valence-electron chi connectivity index (χ0n) is 17.8. The van der Waals surface area contributed by atoms with Crippen LogP contribution in [0.1, 0.15) is 27.3 Å². The number of fused-ring (bicyclic) bond motifs is 1. The Hall–Kier alpha value is -4.05. The Kier molecular flexibility index (Phi) is 6.22. The fourth-order valence-electron chi connectivity index (χ4n) is 3.25. The average molecular weight is 433 g/mol. The third-order valence-electron chi connectivity index (χ3n) is 4.85. The van der Waals surface area contributed by atoms with Gasteiger partial charge in [-0.1, -0.05) is 30.3 Å². The van der Waals surface area contributed by atoms with Gasteiger partial charge in [0.25, 0.3) is 11.8 Å². The molecule has 0 unspecified atom stereocenters. The van der Waals surface area contributed by atoms with E-state index in [2.05, 4.69) is 25.7 Å². The van der Waals surface area contributed by atoms with Crippen LogP contribution in [0, 0.1) is 0 Å². The first-order valence-electron chi connectivity index (χ1n) is 10.1. The summed E-state index contributed by atoms with van der Waals surface area (Å²) < 4.78 is 8.11. The van der Waals surface area contributed by atoms with Gasteiger partial charge in [-0.05, 0) is 12.5 Å². The topological polar surface area (TPSA) is 115 Å². The first kappa shape index (κ1) is 21.2. The van der Waals surface area contributed by atoms with Crippen LogP contribution in [0.4, 0.5) is 5.82 Å². The molecule has 4 rings (SSSR count). The molecule has 32 heavy (non-hydrogen) atoms. The molecule has 0 atom stereocenters. The lowest BCUT2D eigenvalue weighted by molar-refractivity contribution is 0.0934. The van der Waals surface area contributed by atoms with Gasteiger partial charge in [-0.3, -0.25) is 18.7 Å². The minimum atomic E-state index is -0.487. The number of carbonyl (C=O) groups is 2. The Morgan fingerprint density at radius 1 is 1.09 bits per heavy atom. The molecule has 3 heterocycles. The largest absolute Gasteiger partial charge is 0.385 e. The van der Waals surface area contributed by atoms with Gasteiger partial charge >= 0.3 is 0 Å². The van der Waals surface area contributed by atoms with Crippen LogP contribution in [0.15, 0.2) is 55.0 Å². The normalized spacial score (nSPS) is 10.9. The van der Waals surface area contributed by atoms with Gasteiger partial charge in [0.15, 0.2) is 0 Å². The molecule has 10 nitrogen and oxygen atoms in total. The van der Waals surface area contributed by atoms with Crippen molar-refractivity contribution in [3.05, 3.63) is 66.2 Å². The van der Waals surface area contributed by atoms with Crippen molar-refractivity contribution >= 4 is 23.4 Å². The Bertz CT molecular complexity index is 1250. The molecule has 0 aliphatic heterocycles.